The topological polar surface area (TPSA) is 96.0 Å². The molecule has 0 aliphatic carbocycles. The summed E-state index contributed by atoms with van der Waals surface area (Å²) in [5.74, 6) is -0.160. The number of carbonyl (C=O) groups excluding carboxylic acids is 2. The number of aryl methyl sites for hydroxylation is 1. The Bertz CT molecular complexity index is 1430. The van der Waals surface area contributed by atoms with Crippen molar-refractivity contribution in [2.24, 2.45) is 5.92 Å². The predicted octanol–water partition coefficient (Wildman–Crippen LogP) is 5.15. The number of methoxy groups -OCH3 is 1. The zero-order valence-corrected chi connectivity index (χ0v) is 25.8. The second kappa shape index (κ2) is 13.8. The number of halogens is 1. The molecule has 0 aliphatic heterocycles. The van der Waals surface area contributed by atoms with E-state index in [1.54, 1.807) is 43.3 Å². The molecule has 0 saturated heterocycles. The molecule has 0 fully saturated rings. The van der Waals surface area contributed by atoms with E-state index in [9.17, 15) is 18.0 Å². The first-order valence-electron chi connectivity index (χ1n) is 13.0. The summed E-state index contributed by atoms with van der Waals surface area (Å²) < 4.78 is 35.0. The molecular weight excluding hydrogens is 594 g/mol. The van der Waals surface area contributed by atoms with Gasteiger partial charge in [0.2, 0.25) is 11.8 Å². The van der Waals surface area contributed by atoms with E-state index in [4.69, 9.17) is 4.74 Å². The number of amides is 2. The minimum absolute atomic E-state index is 0.0509. The Morgan fingerprint density at radius 3 is 2.27 bits per heavy atom. The van der Waals surface area contributed by atoms with Crippen molar-refractivity contribution in [3.05, 3.63) is 88.4 Å². The Morgan fingerprint density at radius 1 is 0.975 bits per heavy atom. The predicted molar refractivity (Wildman–Crippen MR) is 161 cm³/mol. The first kappa shape index (κ1) is 31.2. The van der Waals surface area contributed by atoms with Crippen LogP contribution in [0.2, 0.25) is 0 Å². The third-order valence-electron chi connectivity index (χ3n) is 6.32. The van der Waals surface area contributed by atoms with Crippen molar-refractivity contribution in [2.75, 3.05) is 24.5 Å². The lowest BCUT2D eigenvalue weighted by Crippen LogP contribution is -2.51. The van der Waals surface area contributed by atoms with Crippen LogP contribution in [-0.4, -0.2) is 51.4 Å². The van der Waals surface area contributed by atoms with E-state index in [1.165, 1.54) is 24.1 Å². The van der Waals surface area contributed by atoms with Crippen LogP contribution >= 0.6 is 15.9 Å². The van der Waals surface area contributed by atoms with Gasteiger partial charge in [0, 0.05) is 23.6 Å². The Labute approximate surface area is 245 Å². The van der Waals surface area contributed by atoms with Crippen LogP contribution in [0.3, 0.4) is 0 Å². The molecule has 0 saturated carbocycles. The van der Waals surface area contributed by atoms with Gasteiger partial charge in [0.15, 0.2) is 0 Å². The van der Waals surface area contributed by atoms with E-state index >= 15 is 0 Å². The van der Waals surface area contributed by atoms with Crippen LogP contribution in [-0.2, 0) is 26.2 Å². The molecule has 0 spiro atoms. The number of carbonyl (C=O) groups is 2. The zero-order valence-electron chi connectivity index (χ0n) is 23.4. The van der Waals surface area contributed by atoms with Crippen LogP contribution in [0, 0.1) is 12.8 Å². The quantitative estimate of drug-likeness (QED) is 0.299. The molecule has 0 aromatic heterocycles. The maximum absolute atomic E-state index is 14.0. The molecule has 2 amide bonds. The molecular formula is C30H36BrN3O5S. The van der Waals surface area contributed by atoms with Gasteiger partial charge in [-0.15, -0.1) is 0 Å². The van der Waals surface area contributed by atoms with Gasteiger partial charge in [-0.25, -0.2) is 8.42 Å². The van der Waals surface area contributed by atoms with Gasteiger partial charge in [-0.2, -0.15) is 0 Å². The van der Waals surface area contributed by atoms with Crippen molar-refractivity contribution in [1.82, 2.24) is 10.2 Å². The van der Waals surface area contributed by atoms with Crippen LogP contribution in [0.5, 0.6) is 5.75 Å². The molecule has 8 nitrogen and oxygen atoms in total. The summed E-state index contributed by atoms with van der Waals surface area (Å²) in [7, 11) is -2.66. The molecule has 3 rings (SSSR count). The van der Waals surface area contributed by atoms with Crippen LogP contribution in [0.25, 0.3) is 0 Å². The lowest BCUT2D eigenvalue weighted by Gasteiger charge is -2.32. The van der Waals surface area contributed by atoms with Crippen molar-refractivity contribution >= 4 is 43.5 Å². The Balaban J connectivity index is 2.03. The van der Waals surface area contributed by atoms with E-state index in [-0.39, 0.29) is 29.0 Å². The minimum atomic E-state index is -4.15. The van der Waals surface area contributed by atoms with Crippen molar-refractivity contribution in [2.45, 2.75) is 45.2 Å². The van der Waals surface area contributed by atoms with E-state index in [1.807, 2.05) is 45.0 Å². The molecule has 3 aromatic rings. The highest BCUT2D eigenvalue weighted by Gasteiger charge is 2.32. The van der Waals surface area contributed by atoms with E-state index in [0.29, 0.717) is 12.3 Å². The maximum Gasteiger partial charge on any atom is 0.264 e. The fourth-order valence-electron chi connectivity index (χ4n) is 4.00. The highest BCUT2D eigenvalue weighted by Crippen LogP contribution is 2.28. The number of benzene rings is 3. The van der Waals surface area contributed by atoms with Crippen LogP contribution in [0.1, 0.15) is 31.9 Å². The van der Waals surface area contributed by atoms with Gasteiger partial charge in [0.25, 0.3) is 10.0 Å². The lowest BCUT2D eigenvalue weighted by molar-refractivity contribution is -0.139. The van der Waals surface area contributed by atoms with Crippen molar-refractivity contribution in [1.29, 1.82) is 0 Å². The number of rotatable bonds is 12. The Morgan fingerprint density at radius 2 is 1.65 bits per heavy atom. The number of nitrogens with zero attached hydrogens (tertiary/aromatic N) is 2. The SMILES string of the molecule is COc1cccc(N(CC(=O)N(Cc2cccc(Br)c2)[C@H](C)C(=O)NCC(C)C)S(=O)(=O)c2ccc(C)cc2)c1. The van der Waals surface area contributed by atoms with E-state index in [0.717, 1.165) is 19.9 Å². The molecule has 0 heterocycles. The summed E-state index contributed by atoms with van der Waals surface area (Å²) in [6.45, 7) is 7.54. The number of sulfonamides is 1. The van der Waals surface area contributed by atoms with Gasteiger partial charge < -0.3 is 15.0 Å². The van der Waals surface area contributed by atoms with Crippen molar-refractivity contribution in [3.8, 4) is 5.75 Å². The molecule has 214 valence electrons. The van der Waals surface area contributed by atoms with Crippen molar-refractivity contribution in [3.63, 3.8) is 0 Å². The smallest absolute Gasteiger partial charge is 0.264 e. The zero-order chi connectivity index (χ0) is 29.4. The highest BCUT2D eigenvalue weighted by atomic mass is 79.9. The molecule has 0 unspecified atom stereocenters. The average molecular weight is 631 g/mol. The molecule has 10 heteroatoms. The second-order valence-corrected chi connectivity index (χ2v) is 12.8. The minimum Gasteiger partial charge on any atom is -0.497 e. The first-order valence-corrected chi connectivity index (χ1v) is 15.2. The van der Waals surface area contributed by atoms with Gasteiger partial charge in [0.1, 0.15) is 18.3 Å². The summed E-state index contributed by atoms with van der Waals surface area (Å²) in [5.41, 5.74) is 1.97. The highest BCUT2D eigenvalue weighted by molar-refractivity contribution is 9.10. The average Bonchev–Trinajstić information content (AvgIpc) is 2.93. The molecule has 40 heavy (non-hydrogen) atoms. The van der Waals surface area contributed by atoms with Crippen LogP contribution in [0.15, 0.2) is 82.2 Å². The summed E-state index contributed by atoms with van der Waals surface area (Å²) in [6.07, 6.45) is 0. The standard InChI is InChI=1S/C30H36BrN3O5S/c1-21(2)18-32-30(36)23(4)33(19-24-8-6-9-25(31)16-24)29(35)20-34(26-10-7-11-27(17-26)39-5)40(37,38)28-14-12-22(3)13-15-28/h6-17,21,23H,18-20H2,1-5H3,(H,32,36)/t23-/m1/s1. The number of anilines is 1. The largest absolute Gasteiger partial charge is 0.497 e. The van der Waals surface area contributed by atoms with Gasteiger partial charge in [0.05, 0.1) is 17.7 Å². The molecule has 0 bridgehead atoms. The Hall–Kier alpha value is -3.37. The number of hydrogen-bond donors (Lipinski definition) is 1. The van der Waals surface area contributed by atoms with Crippen molar-refractivity contribution < 1.29 is 22.7 Å². The number of hydrogen-bond acceptors (Lipinski definition) is 5. The van der Waals surface area contributed by atoms with E-state index < -0.39 is 28.5 Å². The normalized spacial score (nSPS) is 12.1. The van der Waals surface area contributed by atoms with Gasteiger partial charge >= 0.3 is 0 Å². The van der Waals surface area contributed by atoms with E-state index in [2.05, 4.69) is 21.2 Å². The summed E-state index contributed by atoms with van der Waals surface area (Å²) in [6, 6.07) is 19.6. The van der Waals surface area contributed by atoms with Crippen LogP contribution < -0.4 is 14.4 Å². The molecule has 0 radical (unpaired) electrons. The lowest BCUT2D eigenvalue weighted by atomic mass is 10.1. The molecule has 1 N–H and O–H groups in total. The fraction of sp³-hybridized carbons (Fsp3) is 0.333. The van der Waals surface area contributed by atoms with Gasteiger partial charge in [-0.1, -0.05) is 65.7 Å². The molecule has 3 aromatic carbocycles. The maximum atomic E-state index is 14.0. The summed E-state index contributed by atoms with van der Waals surface area (Å²) >= 11 is 3.46. The number of nitrogens with one attached hydrogen (secondary N) is 1. The third kappa shape index (κ3) is 8.08. The monoisotopic (exact) mass is 629 g/mol. The Kier molecular flexibility index (Phi) is 10.8. The summed E-state index contributed by atoms with van der Waals surface area (Å²) in [4.78, 5) is 28.5. The fourth-order valence-corrected chi connectivity index (χ4v) is 5.85. The second-order valence-electron chi connectivity index (χ2n) is 9.99. The van der Waals surface area contributed by atoms with Gasteiger partial charge in [-0.3, -0.25) is 13.9 Å². The first-order chi connectivity index (χ1) is 18.9. The number of ether oxygens (including phenoxy) is 1. The van der Waals surface area contributed by atoms with Gasteiger partial charge in [-0.05, 0) is 61.7 Å². The molecule has 0 aliphatic rings. The summed E-state index contributed by atoms with van der Waals surface area (Å²) in [5, 5.41) is 2.89. The van der Waals surface area contributed by atoms with Crippen LogP contribution in [0.4, 0.5) is 5.69 Å². The third-order valence-corrected chi connectivity index (χ3v) is 8.60. The molecule has 1 atom stereocenters.